The monoisotopic (exact) mass is 326 g/mol. The summed E-state index contributed by atoms with van der Waals surface area (Å²) in [5.74, 6) is 1.48. The molecule has 1 amide bonds. The second-order valence-corrected chi connectivity index (χ2v) is 4.86. The topological polar surface area (TPSA) is 79.8 Å². The molecule has 3 N–H and O–H groups in total. The molecular formula is C17H30N2O4. The van der Waals surface area contributed by atoms with Crippen LogP contribution in [0.25, 0.3) is 0 Å². The number of hydrogen-bond donors (Lipinski definition) is 3. The van der Waals surface area contributed by atoms with Gasteiger partial charge in [0.05, 0.1) is 20.3 Å². The number of amides is 1. The van der Waals surface area contributed by atoms with Crippen LogP contribution in [0.4, 0.5) is 0 Å². The van der Waals surface area contributed by atoms with Gasteiger partial charge < -0.3 is 25.2 Å². The zero-order chi connectivity index (χ0) is 17.7. The molecule has 0 radical (unpaired) electrons. The molecule has 6 nitrogen and oxygen atoms in total. The molecule has 1 atom stereocenters. The van der Waals surface area contributed by atoms with E-state index in [2.05, 4.69) is 17.6 Å². The Labute approximate surface area is 139 Å². The van der Waals surface area contributed by atoms with Gasteiger partial charge in [-0.15, -0.1) is 0 Å². The van der Waals surface area contributed by atoms with Gasteiger partial charge in [0.2, 0.25) is 5.91 Å². The van der Waals surface area contributed by atoms with Crippen LogP contribution in [-0.4, -0.2) is 52.0 Å². The first-order valence-electron chi connectivity index (χ1n) is 7.76. The Balaban J connectivity index is 0.00000232. The van der Waals surface area contributed by atoms with E-state index < -0.39 is 0 Å². The van der Waals surface area contributed by atoms with Crippen LogP contribution in [0.15, 0.2) is 18.2 Å². The maximum atomic E-state index is 12.0. The lowest BCUT2D eigenvalue weighted by Crippen LogP contribution is -2.43. The fourth-order valence-electron chi connectivity index (χ4n) is 2.18. The molecule has 0 spiro atoms. The van der Waals surface area contributed by atoms with Crippen molar-refractivity contribution in [1.29, 1.82) is 0 Å². The summed E-state index contributed by atoms with van der Waals surface area (Å²) in [7, 11) is 6.04. The van der Waals surface area contributed by atoms with Gasteiger partial charge in [-0.2, -0.15) is 0 Å². The van der Waals surface area contributed by atoms with E-state index in [-0.39, 0.29) is 11.9 Å². The average Bonchev–Trinajstić information content (AvgIpc) is 2.60. The average molecular weight is 326 g/mol. The van der Waals surface area contributed by atoms with Crippen LogP contribution >= 0.6 is 0 Å². The summed E-state index contributed by atoms with van der Waals surface area (Å²) in [4.78, 5) is 12.0. The van der Waals surface area contributed by atoms with Crippen LogP contribution in [0.1, 0.15) is 25.3 Å². The number of benzene rings is 1. The molecule has 0 aliphatic rings. The summed E-state index contributed by atoms with van der Waals surface area (Å²) in [6, 6.07) is 5.69. The van der Waals surface area contributed by atoms with E-state index in [0.717, 1.165) is 31.9 Å². The molecule has 0 aromatic heterocycles. The van der Waals surface area contributed by atoms with Gasteiger partial charge >= 0.3 is 0 Å². The summed E-state index contributed by atoms with van der Waals surface area (Å²) in [5, 5.41) is 13.0. The van der Waals surface area contributed by atoms with Gasteiger partial charge in [-0.05, 0) is 37.6 Å². The number of aliphatic hydroxyl groups excluding tert-OH is 1. The lowest BCUT2D eigenvalue weighted by molar-refractivity contribution is -0.123. The van der Waals surface area contributed by atoms with Gasteiger partial charge in [-0.1, -0.05) is 19.4 Å². The summed E-state index contributed by atoms with van der Waals surface area (Å²) in [5.41, 5.74) is 1.10. The van der Waals surface area contributed by atoms with E-state index in [1.165, 1.54) is 0 Å². The van der Waals surface area contributed by atoms with Crippen LogP contribution < -0.4 is 20.1 Å². The van der Waals surface area contributed by atoms with Crippen molar-refractivity contribution in [3.63, 3.8) is 0 Å². The molecule has 0 saturated heterocycles. The number of ether oxygens (including phenoxy) is 2. The predicted molar refractivity (Wildman–Crippen MR) is 92.2 cm³/mol. The third kappa shape index (κ3) is 7.34. The van der Waals surface area contributed by atoms with Gasteiger partial charge in [0, 0.05) is 13.7 Å². The second-order valence-electron chi connectivity index (χ2n) is 4.86. The van der Waals surface area contributed by atoms with Crippen LogP contribution in [0.3, 0.4) is 0 Å². The molecule has 0 saturated carbocycles. The quantitative estimate of drug-likeness (QED) is 0.638. The van der Waals surface area contributed by atoms with E-state index in [0.29, 0.717) is 18.0 Å². The molecule has 1 aromatic carbocycles. The largest absolute Gasteiger partial charge is 0.493 e. The molecule has 1 unspecified atom stereocenters. The first-order valence-corrected chi connectivity index (χ1v) is 7.76. The van der Waals surface area contributed by atoms with E-state index in [4.69, 9.17) is 14.6 Å². The van der Waals surface area contributed by atoms with Crippen LogP contribution in [0.2, 0.25) is 0 Å². The van der Waals surface area contributed by atoms with E-state index in [1.54, 1.807) is 14.2 Å². The van der Waals surface area contributed by atoms with Crippen LogP contribution in [-0.2, 0) is 11.2 Å². The number of hydrogen-bond acceptors (Lipinski definition) is 5. The third-order valence-electron chi connectivity index (χ3n) is 3.40. The van der Waals surface area contributed by atoms with E-state index in [1.807, 2.05) is 25.2 Å². The number of aliphatic hydroxyl groups is 1. The van der Waals surface area contributed by atoms with Crippen molar-refractivity contribution in [2.45, 2.75) is 32.2 Å². The first kappa shape index (κ1) is 21.2. The van der Waals surface area contributed by atoms with Gasteiger partial charge in [0.15, 0.2) is 11.5 Å². The minimum Gasteiger partial charge on any atom is -0.493 e. The molecule has 6 heteroatoms. The molecular weight excluding hydrogens is 296 g/mol. The number of carbonyl (C=O) groups excluding carboxylic acids is 1. The lowest BCUT2D eigenvalue weighted by Gasteiger charge is -2.15. The fourth-order valence-corrected chi connectivity index (χ4v) is 2.18. The summed E-state index contributed by atoms with van der Waals surface area (Å²) < 4.78 is 10.5. The highest BCUT2D eigenvalue weighted by Gasteiger charge is 2.14. The molecule has 0 fully saturated rings. The molecule has 0 bridgehead atoms. The normalized spacial score (nSPS) is 11.0. The Morgan fingerprint density at radius 2 is 1.87 bits per heavy atom. The molecule has 1 rings (SSSR count). The van der Waals surface area contributed by atoms with Crippen LogP contribution in [0, 0.1) is 0 Å². The summed E-state index contributed by atoms with van der Waals surface area (Å²) in [6.07, 6.45) is 2.59. The van der Waals surface area contributed by atoms with E-state index >= 15 is 0 Å². The molecule has 1 aromatic rings. The number of carbonyl (C=O) groups is 1. The standard InChI is InChI=1S/C16H26N2O3.CH4O/c1-5-6-13(17-2)16(19)18-10-9-12-7-8-14(20-3)15(11-12)21-4;1-2/h7-8,11,13,17H,5-6,9-10H2,1-4H3,(H,18,19);2H,1H3. The van der Waals surface area contributed by atoms with Gasteiger partial charge in [0.25, 0.3) is 0 Å². The second kappa shape index (κ2) is 12.7. The Bertz CT molecular complexity index is 452. The van der Waals surface area contributed by atoms with Crippen molar-refractivity contribution in [1.82, 2.24) is 10.6 Å². The highest BCUT2D eigenvalue weighted by molar-refractivity contribution is 5.81. The van der Waals surface area contributed by atoms with Crippen molar-refractivity contribution < 1.29 is 19.4 Å². The maximum absolute atomic E-state index is 12.0. The maximum Gasteiger partial charge on any atom is 0.237 e. The molecule has 0 aliphatic carbocycles. The van der Waals surface area contributed by atoms with Crippen molar-refractivity contribution in [3.8, 4) is 11.5 Å². The Morgan fingerprint density at radius 3 is 2.39 bits per heavy atom. The molecule has 0 heterocycles. The SMILES string of the molecule is CCCC(NC)C(=O)NCCc1ccc(OC)c(OC)c1.CO. The number of methoxy groups -OCH3 is 2. The van der Waals surface area contributed by atoms with Gasteiger partial charge in [0.1, 0.15) is 0 Å². The Kier molecular flexibility index (Phi) is 11.7. The Morgan fingerprint density at radius 1 is 1.22 bits per heavy atom. The zero-order valence-electron chi connectivity index (χ0n) is 14.8. The van der Waals surface area contributed by atoms with Crippen molar-refractivity contribution in [2.75, 3.05) is 34.9 Å². The van der Waals surface area contributed by atoms with Gasteiger partial charge in [-0.25, -0.2) is 0 Å². The highest BCUT2D eigenvalue weighted by Crippen LogP contribution is 2.27. The van der Waals surface area contributed by atoms with Crippen molar-refractivity contribution in [2.24, 2.45) is 0 Å². The fraction of sp³-hybridized carbons (Fsp3) is 0.588. The summed E-state index contributed by atoms with van der Waals surface area (Å²) >= 11 is 0. The third-order valence-corrected chi connectivity index (χ3v) is 3.40. The highest BCUT2D eigenvalue weighted by atomic mass is 16.5. The predicted octanol–water partition coefficient (Wildman–Crippen LogP) is 1.36. The van der Waals surface area contributed by atoms with Gasteiger partial charge in [-0.3, -0.25) is 4.79 Å². The van der Waals surface area contributed by atoms with Crippen molar-refractivity contribution in [3.05, 3.63) is 23.8 Å². The number of rotatable bonds is 9. The zero-order valence-corrected chi connectivity index (χ0v) is 14.8. The smallest absolute Gasteiger partial charge is 0.237 e. The van der Waals surface area contributed by atoms with E-state index in [9.17, 15) is 4.79 Å². The minimum absolute atomic E-state index is 0.0554. The molecule has 0 aliphatic heterocycles. The molecule has 132 valence electrons. The Hall–Kier alpha value is -1.79. The van der Waals surface area contributed by atoms with Crippen LogP contribution in [0.5, 0.6) is 11.5 Å². The first-order chi connectivity index (χ1) is 11.2. The number of likely N-dealkylation sites (N-methyl/N-ethyl adjacent to an activating group) is 1. The minimum atomic E-state index is -0.111. The van der Waals surface area contributed by atoms with Crippen molar-refractivity contribution >= 4 is 5.91 Å². The lowest BCUT2D eigenvalue weighted by atomic mass is 10.1. The molecule has 23 heavy (non-hydrogen) atoms. The summed E-state index contributed by atoms with van der Waals surface area (Å²) in [6.45, 7) is 2.68. The number of nitrogens with one attached hydrogen (secondary N) is 2.